The molecular weight excluding hydrogens is 336 g/mol. The van der Waals surface area contributed by atoms with Gasteiger partial charge < -0.3 is 18.9 Å². The van der Waals surface area contributed by atoms with E-state index in [0.717, 1.165) is 12.0 Å². The maximum atomic E-state index is 12.4. The average molecular weight is 358 g/mol. The molecule has 0 heterocycles. The van der Waals surface area contributed by atoms with Crippen LogP contribution in [0.15, 0.2) is 36.4 Å². The molecule has 138 valence electrons. The number of ketones is 1. The molecule has 2 aromatic carbocycles. The Kier molecular flexibility index (Phi) is 6.60. The minimum atomic E-state index is -0.679. The Hall–Kier alpha value is -3.02. The van der Waals surface area contributed by atoms with Crippen molar-refractivity contribution in [2.75, 3.05) is 27.9 Å². The van der Waals surface area contributed by atoms with E-state index in [2.05, 4.69) is 0 Å². The normalized spacial score (nSPS) is 10.2. The molecule has 0 N–H and O–H groups in total. The highest BCUT2D eigenvalue weighted by Crippen LogP contribution is 2.39. The maximum Gasteiger partial charge on any atom is 0.342 e. The Morgan fingerprint density at radius 1 is 0.846 bits per heavy atom. The lowest BCUT2D eigenvalue weighted by Gasteiger charge is -2.15. The van der Waals surface area contributed by atoms with Crippen LogP contribution in [0.5, 0.6) is 17.2 Å². The molecule has 0 aliphatic carbocycles. The summed E-state index contributed by atoms with van der Waals surface area (Å²) in [6.45, 7) is 1.68. The third kappa shape index (κ3) is 4.14. The van der Waals surface area contributed by atoms with Crippen LogP contribution in [0.25, 0.3) is 0 Å². The van der Waals surface area contributed by atoms with Gasteiger partial charge in [0.15, 0.2) is 23.9 Å². The fraction of sp³-hybridized carbons (Fsp3) is 0.300. The molecule has 0 unspecified atom stereocenters. The van der Waals surface area contributed by atoms with Crippen LogP contribution in [0, 0.1) is 0 Å². The second-order valence-electron chi connectivity index (χ2n) is 5.43. The SMILES string of the molecule is CCc1ccc(C(=O)COC(=O)c2ccc(OC)c(OC)c2OC)cc1. The highest BCUT2D eigenvalue weighted by molar-refractivity contribution is 6.00. The summed E-state index contributed by atoms with van der Waals surface area (Å²) in [7, 11) is 4.34. The second-order valence-corrected chi connectivity index (χ2v) is 5.43. The third-order valence-corrected chi connectivity index (χ3v) is 3.94. The van der Waals surface area contributed by atoms with Crippen molar-refractivity contribution >= 4 is 11.8 Å². The molecule has 0 saturated carbocycles. The van der Waals surface area contributed by atoms with E-state index in [4.69, 9.17) is 18.9 Å². The van der Waals surface area contributed by atoms with Gasteiger partial charge in [-0.25, -0.2) is 4.79 Å². The number of ether oxygens (including phenoxy) is 4. The van der Waals surface area contributed by atoms with Crippen LogP contribution < -0.4 is 14.2 Å². The van der Waals surface area contributed by atoms with Gasteiger partial charge in [0, 0.05) is 5.56 Å². The highest BCUT2D eigenvalue weighted by Gasteiger charge is 2.22. The van der Waals surface area contributed by atoms with Gasteiger partial charge in [-0.2, -0.15) is 0 Å². The Balaban J connectivity index is 2.13. The predicted molar refractivity (Wildman–Crippen MR) is 96.5 cm³/mol. The van der Waals surface area contributed by atoms with Gasteiger partial charge in [-0.05, 0) is 24.1 Å². The molecule has 0 atom stereocenters. The summed E-state index contributed by atoms with van der Waals surface area (Å²) >= 11 is 0. The number of carbonyl (C=O) groups is 2. The smallest absolute Gasteiger partial charge is 0.342 e. The molecule has 2 aromatic rings. The first kappa shape index (κ1) is 19.3. The summed E-state index contributed by atoms with van der Waals surface area (Å²) < 4.78 is 20.8. The van der Waals surface area contributed by atoms with Crippen molar-refractivity contribution in [2.24, 2.45) is 0 Å². The fourth-order valence-electron chi connectivity index (χ4n) is 2.48. The topological polar surface area (TPSA) is 71.1 Å². The van der Waals surface area contributed by atoms with Gasteiger partial charge >= 0.3 is 5.97 Å². The van der Waals surface area contributed by atoms with Gasteiger partial charge in [0.25, 0.3) is 0 Å². The zero-order chi connectivity index (χ0) is 19.1. The number of hydrogen-bond acceptors (Lipinski definition) is 6. The average Bonchev–Trinajstić information content (AvgIpc) is 2.70. The molecule has 0 aliphatic heterocycles. The van der Waals surface area contributed by atoms with Crippen LogP contribution >= 0.6 is 0 Å². The van der Waals surface area contributed by atoms with Crippen LogP contribution in [0.3, 0.4) is 0 Å². The Labute approximate surface area is 152 Å². The second kappa shape index (κ2) is 8.89. The first-order valence-electron chi connectivity index (χ1n) is 8.13. The van der Waals surface area contributed by atoms with Crippen molar-refractivity contribution in [2.45, 2.75) is 13.3 Å². The highest BCUT2D eigenvalue weighted by atomic mass is 16.5. The van der Waals surface area contributed by atoms with E-state index >= 15 is 0 Å². The summed E-state index contributed by atoms with van der Waals surface area (Å²) in [6.07, 6.45) is 0.891. The molecule has 26 heavy (non-hydrogen) atoms. The number of carbonyl (C=O) groups excluding carboxylic acids is 2. The molecule has 0 bridgehead atoms. The fourth-order valence-corrected chi connectivity index (χ4v) is 2.48. The first-order valence-corrected chi connectivity index (χ1v) is 8.13. The molecule has 0 amide bonds. The Morgan fingerprint density at radius 3 is 2.04 bits per heavy atom. The minimum Gasteiger partial charge on any atom is -0.493 e. The summed E-state index contributed by atoms with van der Waals surface area (Å²) in [6, 6.07) is 10.3. The largest absolute Gasteiger partial charge is 0.493 e. The molecule has 0 aromatic heterocycles. The zero-order valence-corrected chi connectivity index (χ0v) is 15.3. The summed E-state index contributed by atoms with van der Waals surface area (Å²) in [5.74, 6) is -0.0581. The van der Waals surface area contributed by atoms with Crippen LogP contribution in [-0.4, -0.2) is 39.7 Å². The van der Waals surface area contributed by atoms with E-state index in [1.165, 1.54) is 27.4 Å². The molecule has 6 nitrogen and oxygen atoms in total. The van der Waals surface area contributed by atoms with Crippen molar-refractivity contribution in [3.05, 3.63) is 53.1 Å². The lowest BCUT2D eigenvalue weighted by Crippen LogP contribution is -2.15. The number of aryl methyl sites for hydroxylation is 1. The predicted octanol–water partition coefficient (Wildman–Crippen LogP) is 3.31. The molecular formula is C20H22O6. The minimum absolute atomic E-state index is 0.152. The summed E-state index contributed by atoms with van der Waals surface area (Å²) in [5, 5.41) is 0. The maximum absolute atomic E-state index is 12.4. The zero-order valence-electron chi connectivity index (χ0n) is 15.3. The van der Waals surface area contributed by atoms with Crippen LogP contribution in [0.1, 0.15) is 33.2 Å². The van der Waals surface area contributed by atoms with E-state index in [0.29, 0.717) is 11.3 Å². The van der Waals surface area contributed by atoms with Gasteiger partial charge in [-0.1, -0.05) is 31.2 Å². The van der Waals surface area contributed by atoms with Gasteiger partial charge in [0.2, 0.25) is 5.75 Å². The molecule has 0 radical (unpaired) electrons. The van der Waals surface area contributed by atoms with E-state index in [1.54, 1.807) is 18.2 Å². The van der Waals surface area contributed by atoms with E-state index in [1.807, 2.05) is 19.1 Å². The Bertz CT molecular complexity index is 780. The van der Waals surface area contributed by atoms with Gasteiger partial charge in [-0.3, -0.25) is 4.79 Å². The third-order valence-electron chi connectivity index (χ3n) is 3.94. The Morgan fingerprint density at radius 2 is 1.50 bits per heavy atom. The van der Waals surface area contributed by atoms with Crippen molar-refractivity contribution in [1.29, 1.82) is 0 Å². The number of benzene rings is 2. The lowest BCUT2D eigenvalue weighted by molar-refractivity contribution is 0.0471. The molecule has 0 fully saturated rings. The van der Waals surface area contributed by atoms with Crippen LogP contribution in [0.2, 0.25) is 0 Å². The number of Topliss-reactive ketones (excluding diaryl/α,β-unsaturated/α-hetero) is 1. The summed E-state index contributed by atoms with van der Waals surface area (Å²) in [5.41, 5.74) is 1.78. The standard InChI is InChI=1S/C20H22O6/c1-5-13-6-8-14(9-7-13)16(21)12-26-20(22)15-10-11-17(23-2)19(25-4)18(15)24-3/h6-11H,5,12H2,1-4H3. The van der Waals surface area contributed by atoms with Crippen molar-refractivity contribution in [1.82, 2.24) is 0 Å². The quantitative estimate of drug-likeness (QED) is 0.533. The van der Waals surface area contributed by atoms with Crippen molar-refractivity contribution in [3.8, 4) is 17.2 Å². The molecule has 0 aliphatic rings. The molecule has 0 spiro atoms. The first-order chi connectivity index (χ1) is 12.5. The molecule has 2 rings (SSSR count). The van der Waals surface area contributed by atoms with E-state index in [-0.39, 0.29) is 29.5 Å². The van der Waals surface area contributed by atoms with Crippen molar-refractivity contribution in [3.63, 3.8) is 0 Å². The van der Waals surface area contributed by atoms with Gasteiger partial charge in [-0.15, -0.1) is 0 Å². The number of esters is 1. The van der Waals surface area contributed by atoms with Gasteiger partial charge in [0.1, 0.15) is 5.56 Å². The monoisotopic (exact) mass is 358 g/mol. The summed E-state index contributed by atoms with van der Waals surface area (Å²) in [4.78, 5) is 24.6. The number of hydrogen-bond donors (Lipinski definition) is 0. The van der Waals surface area contributed by atoms with E-state index in [9.17, 15) is 9.59 Å². The van der Waals surface area contributed by atoms with Crippen LogP contribution in [0.4, 0.5) is 0 Å². The lowest BCUT2D eigenvalue weighted by atomic mass is 10.1. The van der Waals surface area contributed by atoms with E-state index < -0.39 is 5.97 Å². The molecule has 0 saturated heterocycles. The number of rotatable bonds is 8. The number of methoxy groups -OCH3 is 3. The molecule has 6 heteroatoms. The van der Waals surface area contributed by atoms with Crippen molar-refractivity contribution < 1.29 is 28.5 Å². The van der Waals surface area contributed by atoms with Gasteiger partial charge in [0.05, 0.1) is 21.3 Å². The van der Waals surface area contributed by atoms with Crippen LogP contribution in [-0.2, 0) is 11.2 Å².